The van der Waals surface area contributed by atoms with Crippen LogP contribution < -0.4 is 5.32 Å². The lowest BCUT2D eigenvalue weighted by Gasteiger charge is -2.27. The van der Waals surface area contributed by atoms with Crippen LogP contribution in [0, 0.1) is 0 Å². The Morgan fingerprint density at radius 1 is 1.39 bits per heavy atom. The van der Waals surface area contributed by atoms with Gasteiger partial charge in [0, 0.05) is 25.7 Å². The van der Waals surface area contributed by atoms with Gasteiger partial charge in [0.25, 0.3) is 0 Å². The number of ether oxygens (including phenoxy) is 1. The third kappa shape index (κ3) is 3.34. The van der Waals surface area contributed by atoms with E-state index in [0.717, 1.165) is 51.0 Å². The summed E-state index contributed by atoms with van der Waals surface area (Å²) in [6.07, 6.45) is 5.94. The molecule has 1 unspecified atom stereocenters. The molecule has 0 spiro atoms. The molecule has 1 atom stereocenters. The highest BCUT2D eigenvalue weighted by atomic mass is 16.5. The van der Waals surface area contributed by atoms with Crippen molar-refractivity contribution in [3.8, 4) is 0 Å². The Bertz CT molecular complexity index is 343. The van der Waals surface area contributed by atoms with E-state index in [1.54, 1.807) is 6.26 Å². The molecule has 1 N–H and O–H groups in total. The average Bonchev–Trinajstić information content (AvgIpc) is 3.13. The van der Waals surface area contributed by atoms with Gasteiger partial charge in [0.15, 0.2) is 0 Å². The summed E-state index contributed by atoms with van der Waals surface area (Å²) in [5, 5.41) is 3.39. The smallest absolute Gasteiger partial charge is 0.117 e. The number of morpholine rings is 1. The van der Waals surface area contributed by atoms with Gasteiger partial charge in [-0.25, -0.2) is 0 Å². The van der Waals surface area contributed by atoms with Crippen LogP contribution in [-0.2, 0) is 11.3 Å². The molecule has 1 saturated carbocycles. The molecule has 2 heterocycles. The van der Waals surface area contributed by atoms with Crippen LogP contribution in [0.4, 0.5) is 0 Å². The minimum Gasteiger partial charge on any atom is -0.468 e. The highest BCUT2D eigenvalue weighted by Crippen LogP contribution is 2.28. The van der Waals surface area contributed by atoms with E-state index in [9.17, 15) is 0 Å². The molecule has 100 valence electrons. The largest absolute Gasteiger partial charge is 0.468 e. The third-order valence-corrected chi connectivity index (χ3v) is 3.74. The van der Waals surface area contributed by atoms with Crippen molar-refractivity contribution >= 4 is 0 Å². The Balaban J connectivity index is 1.47. The van der Waals surface area contributed by atoms with Crippen LogP contribution in [0.1, 0.15) is 25.0 Å². The standard InChI is InChI=1S/C14H22N2O2/c1-2-14(17-8-1)11-16(12-3-4-12)7-5-13-10-15-6-9-18-13/h1-2,8,12-13,15H,3-7,9-11H2. The van der Waals surface area contributed by atoms with Crippen molar-refractivity contribution < 1.29 is 9.15 Å². The molecule has 4 heteroatoms. The van der Waals surface area contributed by atoms with Crippen LogP contribution in [-0.4, -0.2) is 43.3 Å². The molecule has 1 aliphatic heterocycles. The number of rotatable bonds is 6. The summed E-state index contributed by atoms with van der Waals surface area (Å²) in [6, 6.07) is 4.80. The molecule has 3 rings (SSSR count). The van der Waals surface area contributed by atoms with Gasteiger partial charge in [-0.3, -0.25) is 4.90 Å². The van der Waals surface area contributed by atoms with Crippen LogP contribution in [0.2, 0.25) is 0 Å². The molecule has 1 aromatic rings. The lowest BCUT2D eigenvalue weighted by molar-refractivity contribution is 0.0159. The Hall–Kier alpha value is -0.840. The molecule has 2 fully saturated rings. The molecule has 0 amide bonds. The van der Waals surface area contributed by atoms with Gasteiger partial charge in [-0.05, 0) is 31.4 Å². The fourth-order valence-corrected chi connectivity index (χ4v) is 2.55. The van der Waals surface area contributed by atoms with Crippen LogP contribution in [0.5, 0.6) is 0 Å². The zero-order chi connectivity index (χ0) is 12.2. The number of furan rings is 1. The molecular weight excluding hydrogens is 228 g/mol. The fraction of sp³-hybridized carbons (Fsp3) is 0.714. The average molecular weight is 250 g/mol. The van der Waals surface area contributed by atoms with Crippen molar-refractivity contribution in [3.63, 3.8) is 0 Å². The molecule has 1 aromatic heterocycles. The molecule has 0 bridgehead atoms. The summed E-state index contributed by atoms with van der Waals surface area (Å²) >= 11 is 0. The van der Waals surface area contributed by atoms with Gasteiger partial charge in [-0.2, -0.15) is 0 Å². The predicted octanol–water partition coefficient (Wildman–Crippen LogP) is 1.62. The Kier molecular flexibility index (Phi) is 3.98. The van der Waals surface area contributed by atoms with Crippen molar-refractivity contribution in [1.82, 2.24) is 10.2 Å². The first-order valence-electron chi connectivity index (χ1n) is 7.00. The molecule has 18 heavy (non-hydrogen) atoms. The number of nitrogens with one attached hydrogen (secondary N) is 1. The second kappa shape index (κ2) is 5.87. The first kappa shape index (κ1) is 12.2. The van der Waals surface area contributed by atoms with Gasteiger partial charge in [-0.15, -0.1) is 0 Å². The first-order chi connectivity index (χ1) is 8.92. The molecule has 1 saturated heterocycles. The molecule has 4 nitrogen and oxygen atoms in total. The van der Waals surface area contributed by atoms with Crippen LogP contribution in [0.15, 0.2) is 22.8 Å². The van der Waals surface area contributed by atoms with Crippen molar-refractivity contribution in [1.29, 1.82) is 0 Å². The Morgan fingerprint density at radius 2 is 2.33 bits per heavy atom. The third-order valence-electron chi connectivity index (χ3n) is 3.74. The predicted molar refractivity (Wildman–Crippen MR) is 69.4 cm³/mol. The van der Waals surface area contributed by atoms with Crippen LogP contribution in [0.3, 0.4) is 0 Å². The highest BCUT2D eigenvalue weighted by Gasteiger charge is 2.30. The molecule has 2 aliphatic rings. The van der Waals surface area contributed by atoms with Crippen molar-refractivity contribution in [2.24, 2.45) is 0 Å². The Morgan fingerprint density at radius 3 is 3.00 bits per heavy atom. The van der Waals surface area contributed by atoms with E-state index >= 15 is 0 Å². The van der Waals surface area contributed by atoms with Crippen molar-refractivity contribution in [2.75, 3.05) is 26.2 Å². The molecule has 0 aromatic carbocycles. The lowest BCUT2D eigenvalue weighted by atomic mass is 10.2. The number of hydrogen-bond donors (Lipinski definition) is 1. The van der Waals surface area contributed by atoms with E-state index in [0.29, 0.717) is 6.10 Å². The maximum atomic E-state index is 5.75. The fourth-order valence-electron chi connectivity index (χ4n) is 2.55. The van der Waals surface area contributed by atoms with Crippen molar-refractivity contribution in [2.45, 2.75) is 38.0 Å². The number of nitrogens with zero attached hydrogens (tertiary/aromatic N) is 1. The summed E-state index contributed by atoms with van der Waals surface area (Å²) in [6.45, 7) is 4.90. The second-order valence-electron chi connectivity index (χ2n) is 5.27. The topological polar surface area (TPSA) is 37.6 Å². The minimum absolute atomic E-state index is 0.386. The zero-order valence-electron chi connectivity index (χ0n) is 10.8. The summed E-state index contributed by atoms with van der Waals surface area (Å²) in [5.41, 5.74) is 0. The normalized spacial score (nSPS) is 24.6. The van der Waals surface area contributed by atoms with E-state index in [1.807, 2.05) is 6.07 Å². The molecule has 1 aliphatic carbocycles. The minimum atomic E-state index is 0.386. The van der Waals surface area contributed by atoms with Crippen molar-refractivity contribution in [3.05, 3.63) is 24.2 Å². The monoisotopic (exact) mass is 250 g/mol. The van der Waals surface area contributed by atoms with Gasteiger partial charge >= 0.3 is 0 Å². The van der Waals surface area contributed by atoms with E-state index < -0.39 is 0 Å². The van der Waals surface area contributed by atoms with Gasteiger partial charge in [0.2, 0.25) is 0 Å². The second-order valence-corrected chi connectivity index (χ2v) is 5.27. The highest BCUT2D eigenvalue weighted by molar-refractivity contribution is 4.99. The van der Waals surface area contributed by atoms with Crippen LogP contribution >= 0.6 is 0 Å². The first-order valence-corrected chi connectivity index (χ1v) is 7.00. The summed E-state index contributed by atoms with van der Waals surface area (Å²) < 4.78 is 11.2. The lowest BCUT2D eigenvalue weighted by Crippen LogP contribution is -2.40. The zero-order valence-corrected chi connectivity index (χ0v) is 10.8. The van der Waals surface area contributed by atoms with E-state index in [1.165, 1.54) is 12.8 Å². The van der Waals surface area contributed by atoms with Gasteiger partial charge in [0.05, 0.1) is 25.5 Å². The van der Waals surface area contributed by atoms with Gasteiger partial charge in [-0.1, -0.05) is 0 Å². The van der Waals surface area contributed by atoms with Gasteiger partial charge in [0.1, 0.15) is 5.76 Å². The maximum Gasteiger partial charge on any atom is 0.117 e. The maximum absolute atomic E-state index is 5.75. The summed E-state index contributed by atoms with van der Waals surface area (Å²) in [5.74, 6) is 1.07. The number of hydrogen-bond acceptors (Lipinski definition) is 4. The van der Waals surface area contributed by atoms with E-state index in [2.05, 4.69) is 16.3 Å². The Labute approximate surface area is 108 Å². The van der Waals surface area contributed by atoms with E-state index in [4.69, 9.17) is 9.15 Å². The van der Waals surface area contributed by atoms with Crippen LogP contribution in [0.25, 0.3) is 0 Å². The quantitative estimate of drug-likeness (QED) is 0.832. The summed E-state index contributed by atoms with van der Waals surface area (Å²) in [7, 11) is 0. The van der Waals surface area contributed by atoms with Gasteiger partial charge < -0.3 is 14.5 Å². The molecular formula is C14H22N2O2. The SMILES string of the molecule is c1coc(CN(CCC2CNCCO2)C2CC2)c1. The molecule has 0 radical (unpaired) electrons. The summed E-state index contributed by atoms with van der Waals surface area (Å²) in [4.78, 5) is 2.54. The van der Waals surface area contributed by atoms with E-state index in [-0.39, 0.29) is 0 Å².